The zero-order chi connectivity index (χ0) is 15.1. The maximum atomic E-state index is 7.81. The number of hydrogen-bond acceptors (Lipinski definition) is 4. The molecule has 0 bridgehead atoms. The SMILES string of the molecule is COc1c(OC(=N)CCCCC=N)cc(Cl)c(C)c1Cl. The van der Waals surface area contributed by atoms with Gasteiger partial charge in [-0.15, -0.1) is 0 Å². The summed E-state index contributed by atoms with van der Waals surface area (Å²) in [6, 6.07) is 1.60. The molecule has 1 aromatic rings. The van der Waals surface area contributed by atoms with Crippen LogP contribution in [0.15, 0.2) is 6.07 Å². The lowest BCUT2D eigenvalue weighted by Gasteiger charge is -2.14. The summed E-state index contributed by atoms with van der Waals surface area (Å²) < 4.78 is 10.7. The third kappa shape index (κ3) is 4.39. The monoisotopic (exact) mass is 316 g/mol. The first kappa shape index (κ1) is 16.8. The number of halogens is 2. The fourth-order valence-electron chi connectivity index (χ4n) is 1.65. The van der Waals surface area contributed by atoms with Crippen molar-refractivity contribution in [2.45, 2.75) is 32.6 Å². The lowest BCUT2D eigenvalue weighted by Crippen LogP contribution is -2.08. The van der Waals surface area contributed by atoms with Crippen LogP contribution in [-0.2, 0) is 0 Å². The Morgan fingerprint density at radius 2 is 2.05 bits per heavy atom. The highest BCUT2D eigenvalue weighted by Gasteiger charge is 2.16. The molecule has 0 amide bonds. The first-order chi connectivity index (χ1) is 9.51. The van der Waals surface area contributed by atoms with E-state index >= 15 is 0 Å². The number of unbranched alkanes of at least 4 members (excludes halogenated alkanes) is 2. The Morgan fingerprint density at radius 3 is 2.65 bits per heavy atom. The van der Waals surface area contributed by atoms with Crippen molar-refractivity contribution in [1.82, 2.24) is 0 Å². The Kier molecular flexibility index (Phi) is 6.82. The van der Waals surface area contributed by atoms with E-state index in [0.29, 0.717) is 28.0 Å². The molecule has 0 spiro atoms. The summed E-state index contributed by atoms with van der Waals surface area (Å²) in [5.41, 5.74) is 0.718. The van der Waals surface area contributed by atoms with Crippen LogP contribution < -0.4 is 9.47 Å². The second-order valence-electron chi connectivity index (χ2n) is 4.30. The highest BCUT2D eigenvalue weighted by molar-refractivity contribution is 6.37. The molecule has 6 heteroatoms. The predicted octanol–water partition coefficient (Wildman–Crippen LogP) is 4.88. The highest BCUT2D eigenvalue weighted by Crippen LogP contribution is 2.41. The van der Waals surface area contributed by atoms with Gasteiger partial charge in [0.1, 0.15) is 0 Å². The van der Waals surface area contributed by atoms with Crippen molar-refractivity contribution in [3.63, 3.8) is 0 Å². The first-order valence-corrected chi connectivity index (χ1v) is 7.03. The molecule has 4 nitrogen and oxygen atoms in total. The Hall–Kier alpha value is -1.26. The Morgan fingerprint density at radius 1 is 1.35 bits per heavy atom. The summed E-state index contributed by atoms with van der Waals surface area (Å²) in [4.78, 5) is 0. The van der Waals surface area contributed by atoms with E-state index in [1.807, 2.05) is 0 Å². The summed E-state index contributed by atoms with van der Waals surface area (Å²) in [5.74, 6) is 0.868. The number of nitrogens with one attached hydrogen (secondary N) is 2. The van der Waals surface area contributed by atoms with Gasteiger partial charge in [-0.05, 0) is 38.0 Å². The van der Waals surface area contributed by atoms with Crippen LogP contribution in [0.25, 0.3) is 0 Å². The molecule has 0 aromatic heterocycles. The third-order valence-corrected chi connectivity index (χ3v) is 3.66. The van der Waals surface area contributed by atoms with Crippen molar-refractivity contribution in [3.8, 4) is 11.5 Å². The molecule has 0 atom stereocenters. The lowest BCUT2D eigenvalue weighted by molar-refractivity contribution is 0.388. The fraction of sp³-hybridized carbons (Fsp3) is 0.429. The summed E-state index contributed by atoms with van der Waals surface area (Å²) in [7, 11) is 1.50. The second-order valence-corrected chi connectivity index (χ2v) is 5.09. The van der Waals surface area contributed by atoms with E-state index < -0.39 is 0 Å². The largest absolute Gasteiger partial charge is 0.491 e. The number of hydrogen-bond donors (Lipinski definition) is 2. The molecular weight excluding hydrogens is 299 g/mol. The van der Waals surface area contributed by atoms with E-state index in [4.69, 9.17) is 43.5 Å². The van der Waals surface area contributed by atoms with E-state index in [1.54, 1.807) is 13.0 Å². The molecule has 0 aliphatic rings. The molecule has 0 aliphatic carbocycles. The van der Waals surface area contributed by atoms with Gasteiger partial charge >= 0.3 is 0 Å². The van der Waals surface area contributed by atoms with Crippen LogP contribution in [0, 0.1) is 17.7 Å². The van der Waals surface area contributed by atoms with E-state index in [1.165, 1.54) is 13.3 Å². The molecule has 0 radical (unpaired) electrons. The molecule has 0 unspecified atom stereocenters. The molecule has 1 aromatic carbocycles. The van der Waals surface area contributed by atoms with Crippen LogP contribution in [0.2, 0.25) is 10.0 Å². The number of methoxy groups -OCH3 is 1. The van der Waals surface area contributed by atoms with Gasteiger partial charge in [0, 0.05) is 17.5 Å². The fourth-order valence-corrected chi connectivity index (χ4v) is 2.17. The number of rotatable bonds is 7. The van der Waals surface area contributed by atoms with Crippen molar-refractivity contribution in [3.05, 3.63) is 21.7 Å². The van der Waals surface area contributed by atoms with Gasteiger partial charge in [-0.25, -0.2) is 0 Å². The van der Waals surface area contributed by atoms with Gasteiger partial charge in [0.25, 0.3) is 0 Å². The third-order valence-electron chi connectivity index (χ3n) is 2.81. The van der Waals surface area contributed by atoms with Gasteiger partial charge in [-0.1, -0.05) is 23.2 Å². The number of ether oxygens (including phenoxy) is 2. The molecule has 0 saturated carbocycles. The highest BCUT2D eigenvalue weighted by atomic mass is 35.5. The number of benzene rings is 1. The zero-order valence-corrected chi connectivity index (χ0v) is 13.1. The summed E-state index contributed by atoms with van der Waals surface area (Å²) in [6.45, 7) is 1.79. The lowest BCUT2D eigenvalue weighted by atomic mass is 10.2. The van der Waals surface area contributed by atoms with E-state index in [9.17, 15) is 0 Å². The van der Waals surface area contributed by atoms with E-state index in [2.05, 4.69) is 0 Å². The minimum Gasteiger partial charge on any atom is -0.491 e. The summed E-state index contributed by atoms with van der Waals surface area (Å²) >= 11 is 12.2. The van der Waals surface area contributed by atoms with Crippen LogP contribution in [-0.4, -0.2) is 19.2 Å². The molecule has 2 N–H and O–H groups in total. The topological polar surface area (TPSA) is 66.2 Å². The van der Waals surface area contributed by atoms with E-state index in [0.717, 1.165) is 24.8 Å². The minimum atomic E-state index is 0.129. The van der Waals surface area contributed by atoms with Crippen molar-refractivity contribution in [1.29, 1.82) is 10.8 Å². The van der Waals surface area contributed by atoms with Crippen LogP contribution in [0.1, 0.15) is 31.2 Å². The Balaban J connectivity index is 2.76. The molecular formula is C14H18Cl2N2O2. The van der Waals surface area contributed by atoms with Crippen molar-refractivity contribution in [2.24, 2.45) is 0 Å². The molecule has 0 fully saturated rings. The molecule has 0 heterocycles. The maximum absolute atomic E-state index is 7.81. The smallest absolute Gasteiger partial charge is 0.187 e. The zero-order valence-electron chi connectivity index (χ0n) is 11.6. The first-order valence-electron chi connectivity index (χ1n) is 6.28. The quantitative estimate of drug-likeness (QED) is 0.428. The van der Waals surface area contributed by atoms with Gasteiger partial charge < -0.3 is 14.9 Å². The molecule has 0 saturated heterocycles. The minimum absolute atomic E-state index is 0.129. The van der Waals surface area contributed by atoms with E-state index in [-0.39, 0.29) is 5.90 Å². The predicted molar refractivity (Wildman–Crippen MR) is 83.4 cm³/mol. The van der Waals surface area contributed by atoms with Gasteiger partial charge in [-0.3, -0.25) is 5.41 Å². The van der Waals surface area contributed by atoms with Crippen LogP contribution in [0.4, 0.5) is 0 Å². The molecule has 1 rings (SSSR count). The van der Waals surface area contributed by atoms with Crippen LogP contribution >= 0.6 is 23.2 Å². The summed E-state index contributed by atoms with van der Waals surface area (Å²) in [6.07, 6.45) is 4.25. The molecule has 0 aliphatic heterocycles. The van der Waals surface area contributed by atoms with Crippen LogP contribution in [0.5, 0.6) is 11.5 Å². The van der Waals surface area contributed by atoms with Gasteiger partial charge in [-0.2, -0.15) is 0 Å². The van der Waals surface area contributed by atoms with Crippen LogP contribution in [0.3, 0.4) is 0 Å². The maximum Gasteiger partial charge on any atom is 0.187 e. The Bertz CT molecular complexity index is 504. The van der Waals surface area contributed by atoms with Gasteiger partial charge in [0.2, 0.25) is 0 Å². The average Bonchev–Trinajstić information content (AvgIpc) is 2.41. The molecule has 20 heavy (non-hydrogen) atoms. The standard InChI is InChI=1S/C14H18Cl2N2O2/c1-9-10(15)8-11(14(19-2)13(9)16)20-12(18)6-4-3-5-7-17/h7-8,17-18H,3-6H2,1-2H3. The van der Waals surface area contributed by atoms with Crippen molar-refractivity contribution >= 4 is 35.3 Å². The summed E-state index contributed by atoms with van der Waals surface area (Å²) in [5, 5.41) is 15.6. The van der Waals surface area contributed by atoms with Gasteiger partial charge in [0.15, 0.2) is 17.4 Å². The average molecular weight is 317 g/mol. The van der Waals surface area contributed by atoms with Crippen molar-refractivity contribution in [2.75, 3.05) is 7.11 Å². The van der Waals surface area contributed by atoms with Gasteiger partial charge in [0.05, 0.1) is 12.1 Å². The molecule has 110 valence electrons. The van der Waals surface area contributed by atoms with Crippen molar-refractivity contribution < 1.29 is 9.47 Å². The second kappa shape index (κ2) is 8.12. The normalized spacial score (nSPS) is 10.2. The Labute approximate surface area is 129 Å².